The second-order valence-corrected chi connectivity index (χ2v) is 7.59. The topological polar surface area (TPSA) is 84.8 Å². The summed E-state index contributed by atoms with van der Waals surface area (Å²) in [6.45, 7) is 1.84. The fourth-order valence-corrected chi connectivity index (χ4v) is 2.83. The summed E-state index contributed by atoms with van der Waals surface area (Å²) in [6.07, 6.45) is 2.71. The summed E-state index contributed by atoms with van der Waals surface area (Å²) in [7, 11) is -1.77. The molecule has 1 atom stereocenters. The molecule has 0 fully saturated rings. The molecule has 132 valence electrons. The van der Waals surface area contributed by atoms with Crippen molar-refractivity contribution in [2.45, 2.75) is 17.9 Å². The molecule has 0 spiro atoms. The Bertz CT molecular complexity index is 857. The van der Waals surface area contributed by atoms with E-state index < -0.39 is 9.84 Å². The third kappa shape index (κ3) is 5.15. The molecule has 7 heteroatoms. The molecular weight excluding hydrogens is 340 g/mol. The lowest BCUT2D eigenvalue weighted by molar-refractivity contribution is 0.0940. The van der Waals surface area contributed by atoms with E-state index in [4.69, 9.17) is 0 Å². The van der Waals surface area contributed by atoms with Gasteiger partial charge in [-0.15, -0.1) is 0 Å². The van der Waals surface area contributed by atoms with E-state index in [0.29, 0.717) is 5.56 Å². The maximum absolute atomic E-state index is 12.3. The van der Waals surface area contributed by atoms with E-state index in [1.165, 1.54) is 19.2 Å². The van der Waals surface area contributed by atoms with Crippen molar-refractivity contribution in [1.29, 1.82) is 0 Å². The Morgan fingerprint density at radius 1 is 1.12 bits per heavy atom. The highest BCUT2D eigenvalue weighted by molar-refractivity contribution is 7.90. The second kappa shape index (κ2) is 7.94. The molecule has 1 N–H and O–H groups in total. The van der Waals surface area contributed by atoms with E-state index in [1.54, 1.807) is 42.6 Å². The average Bonchev–Trinajstić information content (AvgIpc) is 2.59. The zero-order valence-electron chi connectivity index (χ0n) is 14.3. The molecule has 0 aliphatic rings. The minimum absolute atomic E-state index is 0.213. The highest BCUT2D eigenvalue weighted by Crippen LogP contribution is 2.17. The zero-order chi connectivity index (χ0) is 18.4. The number of oxime groups is 1. The Morgan fingerprint density at radius 3 is 2.24 bits per heavy atom. The lowest BCUT2D eigenvalue weighted by atomic mass is 10.1. The quantitative estimate of drug-likeness (QED) is 0.634. The van der Waals surface area contributed by atoms with Crippen molar-refractivity contribution in [1.82, 2.24) is 5.32 Å². The molecule has 0 radical (unpaired) electrons. The van der Waals surface area contributed by atoms with Gasteiger partial charge in [0, 0.05) is 11.8 Å². The van der Waals surface area contributed by atoms with Gasteiger partial charge in [0.25, 0.3) is 5.91 Å². The molecule has 0 saturated heterocycles. The molecule has 2 aromatic rings. The normalized spacial score (nSPS) is 12.8. The van der Waals surface area contributed by atoms with Crippen molar-refractivity contribution in [2.24, 2.45) is 5.16 Å². The van der Waals surface area contributed by atoms with Gasteiger partial charge in [-0.25, -0.2) is 8.42 Å². The summed E-state index contributed by atoms with van der Waals surface area (Å²) in [5.41, 5.74) is 2.17. The standard InChI is InChI=1S/C18H20N2O4S/c1-13(15-8-10-17(11-9-15)25(3,22)23)20-18(21)16-6-4-14(5-7-16)12-19-24-2/h4-13H,1-3H3,(H,20,21)/b19-12+. The van der Waals surface area contributed by atoms with Crippen LogP contribution >= 0.6 is 0 Å². The first-order valence-electron chi connectivity index (χ1n) is 7.58. The van der Waals surface area contributed by atoms with Crippen LogP contribution < -0.4 is 5.32 Å². The van der Waals surface area contributed by atoms with Crippen molar-refractivity contribution < 1.29 is 18.0 Å². The maximum atomic E-state index is 12.3. The third-order valence-corrected chi connectivity index (χ3v) is 4.76. The number of carbonyl (C=O) groups is 1. The summed E-state index contributed by atoms with van der Waals surface area (Å²) in [4.78, 5) is 17.2. The number of sulfone groups is 1. The Morgan fingerprint density at radius 2 is 1.72 bits per heavy atom. The Labute approximate surface area is 147 Å². The van der Waals surface area contributed by atoms with Crippen LogP contribution in [0.5, 0.6) is 0 Å². The van der Waals surface area contributed by atoms with Gasteiger partial charge < -0.3 is 10.2 Å². The monoisotopic (exact) mass is 360 g/mol. The van der Waals surface area contributed by atoms with E-state index in [0.717, 1.165) is 17.4 Å². The molecule has 0 aromatic heterocycles. The number of hydrogen-bond donors (Lipinski definition) is 1. The SMILES string of the molecule is CO/N=C/c1ccc(C(=O)NC(C)c2ccc(S(C)(=O)=O)cc2)cc1. The van der Waals surface area contributed by atoms with E-state index >= 15 is 0 Å². The molecule has 0 heterocycles. The molecule has 6 nitrogen and oxygen atoms in total. The van der Waals surface area contributed by atoms with Gasteiger partial charge in [-0.1, -0.05) is 29.4 Å². The van der Waals surface area contributed by atoms with Gasteiger partial charge in [0.15, 0.2) is 9.84 Å². The second-order valence-electron chi connectivity index (χ2n) is 5.58. The first kappa shape index (κ1) is 18.7. The first-order chi connectivity index (χ1) is 11.8. The molecule has 25 heavy (non-hydrogen) atoms. The smallest absolute Gasteiger partial charge is 0.251 e. The summed E-state index contributed by atoms with van der Waals surface area (Å²) in [5, 5.41) is 6.55. The van der Waals surface area contributed by atoms with E-state index in [9.17, 15) is 13.2 Å². The molecular formula is C18H20N2O4S. The lowest BCUT2D eigenvalue weighted by Gasteiger charge is -2.15. The molecule has 0 aliphatic carbocycles. The van der Waals surface area contributed by atoms with Gasteiger partial charge >= 0.3 is 0 Å². The molecule has 1 amide bonds. The molecule has 0 bridgehead atoms. The number of benzene rings is 2. The first-order valence-corrected chi connectivity index (χ1v) is 9.48. The number of nitrogens with zero attached hydrogens (tertiary/aromatic N) is 1. The molecule has 2 aromatic carbocycles. The van der Waals surface area contributed by atoms with Gasteiger partial charge in [0.1, 0.15) is 7.11 Å². The van der Waals surface area contributed by atoms with Crippen molar-refractivity contribution >= 4 is 22.0 Å². The van der Waals surface area contributed by atoms with Crippen molar-refractivity contribution in [3.8, 4) is 0 Å². The summed E-state index contributed by atoms with van der Waals surface area (Å²) in [6, 6.07) is 13.2. The maximum Gasteiger partial charge on any atom is 0.251 e. The Hall–Kier alpha value is -2.67. The Balaban J connectivity index is 2.05. The molecule has 2 rings (SSSR count). The number of amides is 1. The number of rotatable bonds is 6. The third-order valence-electron chi connectivity index (χ3n) is 3.64. The van der Waals surface area contributed by atoms with Crippen LogP contribution in [-0.2, 0) is 14.7 Å². The highest BCUT2D eigenvalue weighted by Gasteiger charge is 2.13. The fraction of sp³-hybridized carbons (Fsp3) is 0.222. The Kier molecular flexibility index (Phi) is 5.93. The van der Waals surface area contributed by atoms with E-state index in [2.05, 4.69) is 15.3 Å². The van der Waals surface area contributed by atoms with Crippen LogP contribution in [-0.4, -0.2) is 33.9 Å². The van der Waals surface area contributed by atoms with Gasteiger partial charge in [-0.05, 0) is 42.3 Å². The van der Waals surface area contributed by atoms with Crippen LogP contribution in [0, 0.1) is 0 Å². The van der Waals surface area contributed by atoms with Gasteiger partial charge in [0.2, 0.25) is 0 Å². The fourth-order valence-electron chi connectivity index (χ4n) is 2.20. The summed E-state index contributed by atoms with van der Waals surface area (Å²) < 4.78 is 23.0. The zero-order valence-corrected chi connectivity index (χ0v) is 15.1. The van der Waals surface area contributed by atoms with Crippen LogP contribution in [0.25, 0.3) is 0 Å². The van der Waals surface area contributed by atoms with Gasteiger partial charge in [-0.3, -0.25) is 4.79 Å². The highest BCUT2D eigenvalue weighted by atomic mass is 32.2. The van der Waals surface area contributed by atoms with Crippen molar-refractivity contribution in [2.75, 3.05) is 13.4 Å². The minimum atomic E-state index is -3.23. The minimum Gasteiger partial charge on any atom is -0.399 e. The van der Waals surface area contributed by atoms with Crippen LogP contribution in [0.3, 0.4) is 0 Å². The summed E-state index contributed by atoms with van der Waals surface area (Å²) in [5.74, 6) is -0.213. The number of hydrogen-bond acceptors (Lipinski definition) is 5. The van der Waals surface area contributed by atoms with Crippen LogP contribution in [0.1, 0.15) is 34.5 Å². The van der Waals surface area contributed by atoms with Crippen molar-refractivity contribution in [3.63, 3.8) is 0 Å². The van der Waals surface area contributed by atoms with Gasteiger partial charge in [-0.2, -0.15) is 0 Å². The predicted octanol–water partition coefficient (Wildman–Crippen LogP) is 2.56. The van der Waals surface area contributed by atoms with Crippen LogP contribution in [0.4, 0.5) is 0 Å². The average molecular weight is 360 g/mol. The van der Waals surface area contributed by atoms with Crippen LogP contribution in [0.15, 0.2) is 58.6 Å². The molecule has 0 saturated carbocycles. The van der Waals surface area contributed by atoms with Crippen LogP contribution in [0.2, 0.25) is 0 Å². The van der Waals surface area contributed by atoms with E-state index in [-0.39, 0.29) is 16.8 Å². The van der Waals surface area contributed by atoms with Crippen molar-refractivity contribution in [3.05, 3.63) is 65.2 Å². The van der Waals surface area contributed by atoms with E-state index in [1.807, 2.05) is 6.92 Å². The predicted molar refractivity (Wildman–Crippen MR) is 96.5 cm³/mol. The molecule has 1 unspecified atom stereocenters. The lowest BCUT2D eigenvalue weighted by Crippen LogP contribution is -2.26. The number of nitrogens with one attached hydrogen (secondary N) is 1. The largest absolute Gasteiger partial charge is 0.399 e. The molecule has 0 aliphatic heterocycles. The summed E-state index contributed by atoms with van der Waals surface area (Å²) >= 11 is 0. The number of carbonyl (C=O) groups excluding carboxylic acids is 1. The van der Waals surface area contributed by atoms with Gasteiger partial charge in [0.05, 0.1) is 17.2 Å².